The average Bonchev–Trinajstić information content (AvgIpc) is 2.67. The van der Waals surface area contributed by atoms with Gasteiger partial charge in [-0.3, -0.25) is 14.9 Å². The Hall–Kier alpha value is -3.04. The van der Waals surface area contributed by atoms with Crippen LogP contribution in [0.2, 0.25) is 0 Å². The van der Waals surface area contributed by atoms with Gasteiger partial charge in [0.1, 0.15) is 5.75 Å². The summed E-state index contributed by atoms with van der Waals surface area (Å²) in [5, 5.41) is 11.3. The smallest absolute Gasteiger partial charge is 0.264 e. The number of aryl methyl sites for hydroxylation is 1. The van der Waals surface area contributed by atoms with Gasteiger partial charge < -0.3 is 20.7 Å². The van der Waals surface area contributed by atoms with Crippen LogP contribution in [0.4, 0.5) is 11.4 Å². The van der Waals surface area contributed by atoms with Gasteiger partial charge in [0.05, 0.1) is 0 Å². The molecular weight excluding hydrogens is 408 g/mol. The summed E-state index contributed by atoms with van der Waals surface area (Å²) in [7, 11) is 0. The van der Waals surface area contributed by atoms with E-state index in [0.29, 0.717) is 23.5 Å². The standard InChI is InChI=1S/C20H22N4O3S2/c1-3-17(25)23-19(28)21-14-7-9-15(10-8-14)22-20(29)24-18(26)12-27-16-6-4-5-13(2)11-16/h4-11H,3,12H2,1-2H3,(H2,21,23,25,28)(H2,22,24,26,29). The molecule has 0 radical (unpaired) electrons. The molecule has 0 spiro atoms. The van der Waals surface area contributed by atoms with Crippen LogP contribution in [0.25, 0.3) is 0 Å². The van der Waals surface area contributed by atoms with Crippen molar-refractivity contribution >= 4 is 57.8 Å². The Kier molecular flexibility index (Phi) is 8.50. The van der Waals surface area contributed by atoms with Crippen molar-refractivity contribution < 1.29 is 14.3 Å². The van der Waals surface area contributed by atoms with Crippen molar-refractivity contribution in [3.8, 4) is 5.75 Å². The molecule has 0 unspecified atom stereocenters. The first-order valence-corrected chi connectivity index (χ1v) is 9.68. The van der Waals surface area contributed by atoms with Crippen LogP contribution in [0.1, 0.15) is 18.9 Å². The van der Waals surface area contributed by atoms with Crippen LogP contribution in [0.15, 0.2) is 48.5 Å². The fourth-order valence-electron chi connectivity index (χ4n) is 2.19. The lowest BCUT2D eigenvalue weighted by Crippen LogP contribution is -2.37. The fraction of sp³-hybridized carbons (Fsp3) is 0.200. The molecule has 0 saturated heterocycles. The minimum Gasteiger partial charge on any atom is -0.484 e. The normalized spacial score (nSPS) is 9.86. The number of carbonyl (C=O) groups is 2. The number of thiocarbonyl (C=S) groups is 2. The highest BCUT2D eigenvalue weighted by atomic mass is 32.1. The predicted molar refractivity (Wildman–Crippen MR) is 122 cm³/mol. The molecule has 2 aromatic carbocycles. The Bertz CT molecular complexity index is 901. The topological polar surface area (TPSA) is 91.5 Å². The van der Waals surface area contributed by atoms with Crippen LogP contribution < -0.4 is 26.0 Å². The number of benzene rings is 2. The molecule has 0 aliphatic carbocycles. The van der Waals surface area contributed by atoms with Crippen molar-refractivity contribution in [1.29, 1.82) is 0 Å². The molecule has 0 atom stereocenters. The maximum atomic E-state index is 12.0. The molecule has 2 aromatic rings. The van der Waals surface area contributed by atoms with Crippen molar-refractivity contribution in [2.45, 2.75) is 20.3 Å². The second kappa shape index (κ2) is 11.1. The zero-order chi connectivity index (χ0) is 21.2. The molecule has 152 valence electrons. The summed E-state index contributed by atoms with van der Waals surface area (Å²) in [5.74, 6) is 0.0997. The van der Waals surface area contributed by atoms with Crippen LogP contribution in [0.3, 0.4) is 0 Å². The predicted octanol–water partition coefficient (Wildman–Crippen LogP) is 3.11. The lowest BCUT2D eigenvalue weighted by atomic mass is 10.2. The van der Waals surface area contributed by atoms with E-state index >= 15 is 0 Å². The summed E-state index contributed by atoms with van der Waals surface area (Å²) in [6.07, 6.45) is 0.351. The molecule has 0 heterocycles. The van der Waals surface area contributed by atoms with Gasteiger partial charge in [0, 0.05) is 17.8 Å². The van der Waals surface area contributed by atoms with Crippen LogP contribution in [-0.4, -0.2) is 28.6 Å². The van der Waals surface area contributed by atoms with E-state index in [4.69, 9.17) is 29.2 Å². The first kappa shape index (κ1) is 22.3. The highest BCUT2D eigenvalue weighted by molar-refractivity contribution is 7.80. The number of ether oxygens (including phenoxy) is 1. The largest absolute Gasteiger partial charge is 0.484 e. The quantitative estimate of drug-likeness (QED) is 0.524. The number of rotatable bonds is 6. The van der Waals surface area contributed by atoms with Crippen LogP contribution in [-0.2, 0) is 9.59 Å². The Morgan fingerprint density at radius 3 is 1.97 bits per heavy atom. The third-order valence-corrected chi connectivity index (χ3v) is 4.00. The number of anilines is 2. The van der Waals surface area contributed by atoms with Crippen LogP contribution in [0.5, 0.6) is 5.75 Å². The number of hydrogen-bond acceptors (Lipinski definition) is 5. The molecule has 0 aliphatic heterocycles. The molecule has 0 aliphatic rings. The number of hydrogen-bond donors (Lipinski definition) is 4. The second-order valence-corrected chi connectivity index (χ2v) is 6.86. The maximum Gasteiger partial charge on any atom is 0.264 e. The van der Waals surface area contributed by atoms with Crippen LogP contribution in [0, 0.1) is 6.92 Å². The van der Waals surface area contributed by atoms with Gasteiger partial charge in [-0.15, -0.1) is 0 Å². The van der Waals surface area contributed by atoms with Crippen molar-refractivity contribution in [2.75, 3.05) is 17.2 Å². The molecule has 9 heteroatoms. The van der Waals surface area contributed by atoms with E-state index in [1.54, 1.807) is 37.3 Å². The van der Waals surface area contributed by atoms with Gasteiger partial charge in [-0.05, 0) is 73.3 Å². The summed E-state index contributed by atoms with van der Waals surface area (Å²) >= 11 is 10.2. The van der Waals surface area contributed by atoms with Gasteiger partial charge in [-0.1, -0.05) is 19.1 Å². The minimum atomic E-state index is -0.362. The SMILES string of the molecule is CCC(=O)NC(=S)Nc1ccc(NC(=S)NC(=O)COc2cccc(C)c2)cc1. The van der Waals surface area contributed by atoms with Crippen molar-refractivity contribution in [3.63, 3.8) is 0 Å². The lowest BCUT2D eigenvalue weighted by molar-refractivity contribution is -0.121. The monoisotopic (exact) mass is 430 g/mol. The highest BCUT2D eigenvalue weighted by Crippen LogP contribution is 2.14. The Labute approximate surface area is 180 Å². The number of amides is 2. The molecule has 2 rings (SSSR count). The van der Waals surface area contributed by atoms with Crippen LogP contribution >= 0.6 is 24.4 Å². The maximum absolute atomic E-state index is 12.0. The Balaban J connectivity index is 1.77. The highest BCUT2D eigenvalue weighted by Gasteiger charge is 2.07. The first-order chi connectivity index (χ1) is 13.9. The molecule has 0 aromatic heterocycles. The molecule has 7 nitrogen and oxygen atoms in total. The molecular formula is C20H22N4O3S2. The van der Waals surface area contributed by atoms with E-state index in [0.717, 1.165) is 5.56 Å². The molecule has 0 bridgehead atoms. The van der Waals surface area contributed by atoms with Crippen molar-refractivity contribution in [2.24, 2.45) is 0 Å². The number of nitrogens with one attached hydrogen (secondary N) is 4. The lowest BCUT2D eigenvalue weighted by Gasteiger charge is -2.12. The zero-order valence-electron chi connectivity index (χ0n) is 16.1. The third kappa shape index (κ3) is 8.24. The Morgan fingerprint density at radius 2 is 1.45 bits per heavy atom. The fourth-order valence-corrected chi connectivity index (χ4v) is 2.66. The van der Waals surface area contributed by atoms with Gasteiger partial charge in [-0.2, -0.15) is 0 Å². The van der Waals surface area contributed by atoms with E-state index in [-0.39, 0.29) is 28.6 Å². The minimum absolute atomic E-state index is 0.144. The summed E-state index contributed by atoms with van der Waals surface area (Å²) < 4.78 is 5.44. The summed E-state index contributed by atoms with van der Waals surface area (Å²) in [6.45, 7) is 3.55. The van der Waals surface area contributed by atoms with Gasteiger partial charge in [-0.25, -0.2) is 0 Å². The van der Waals surface area contributed by atoms with E-state index in [1.165, 1.54) is 0 Å². The molecule has 4 N–H and O–H groups in total. The van der Waals surface area contributed by atoms with E-state index in [2.05, 4.69) is 21.3 Å². The molecule has 29 heavy (non-hydrogen) atoms. The van der Waals surface area contributed by atoms with Gasteiger partial charge in [0.2, 0.25) is 5.91 Å². The van der Waals surface area contributed by atoms with Gasteiger partial charge in [0.25, 0.3) is 5.91 Å². The second-order valence-electron chi connectivity index (χ2n) is 6.04. The molecule has 0 fully saturated rings. The first-order valence-electron chi connectivity index (χ1n) is 8.87. The molecule has 2 amide bonds. The average molecular weight is 431 g/mol. The number of carbonyl (C=O) groups excluding carboxylic acids is 2. The Morgan fingerprint density at radius 1 is 0.897 bits per heavy atom. The van der Waals surface area contributed by atoms with E-state index in [1.807, 2.05) is 25.1 Å². The van der Waals surface area contributed by atoms with Crippen molar-refractivity contribution in [3.05, 3.63) is 54.1 Å². The summed E-state index contributed by atoms with van der Waals surface area (Å²) in [5.41, 5.74) is 2.44. The third-order valence-electron chi connectivity index (χ3n) is 3.59. The van der Waals surface area contributed by atoms with Gasteiger partial charge >= 0.3 is 0 Å². The van der Waals surface area contributed by atoms with E-state index < -0.39 is 0 Å². The molecule has 0 saturated carbocycles. The van der Waals surface area contributed by atoms with Gasteiger partial charge in [0.15, 0.2) is 16.8 Å². The zero-order valence-corrected chi connectivity index (χ0v) is 17.7. The summed E-state index contributed by atoms with van der Waals surface area (Å²) in [6, 6.07) is 14.5. The van der Waals surface area contributed by atoms with Crippen molar-refractivity contribution in [1.82, 2.24) is 10.6 Å². The van der Waals surface area contributed by atoms with E-state index in [9.17, 15) is 9.59 Å². The summed E-state index contributed by atoms with van der Waals surface area (Å²) in [4.78, 5) is 23.3.